The van der Waals surface area contributed by atoms with Gasteiger partial charge in [0.05, 0.1) is 5.75 Å². The maximum Gasteiger partial charge on any atom is 0.230 e. The predicted octanol–water partition coefficient (Wildman–Crippen LogP) is 4.48. The molecule has 3 rings (SSSR count). The largest absolute Gasteiger partial charge is 0.351 e. The fourth-order valence-corrected chi connectivity index (χ4v) is 4.10. The fraction of sp³-hybridized carbons (Fsp3) is 0.150. The monoisotopic (exact) mass is 399 g/mol. The van der Waals surface area contributed by atoms with Crippen LogP contribution >= 0.6 is 23.5 Å². The molecule has 0 radical (unpaired) electrons. The van der Waals surface area contributed by atoms with E-state index in [-0.39, 0.29) is 24.0 Å². The molecule has 4 nitrogen and oxygen atoms in total. The third kappa shape index (κ3) is 5.55. The van der Waals surface area contributed by atoms with E-state index in [0.29, 0.717) is 10.6 Å². The van der Waals surface area contributed by atoms with Crippen LogP contribution in [0.5, 0.6) is 0 Å². The number of aromatic nitrogens is 2. The summed E-state index contributed by atoms with van der Waals surface area (Å²) >= 11 is 2.85. The van der Waals surface area contributed by atoms with Crippen LogP contribution in [0.3, 0.4) is 0 Å². The lowest BCUT2D eigenvalue weighted by atomic mass is 10.2. The minimum Gasteiger partial charge on any atom is -0.351 e. The number of benzene rings is 2. The molecular weight excluding hydrogens is 381 g/mol. The quantitative estimate of drug-likeness (QED) is 0.594. The Morgan fingerprint density at radius 1 is 1.04 bits per heavy atom. The van der Waals surface area contributed by atoms with Crippen molar-refractivity contribution in [1.82, 2.24) is 15.3 Å². The highest BCUT2D eigenvalue weighted by molar-refractivity contribution is 8.02. The summed E-state index contributed by atoms with van der Waals surface area (Å²) in [5.41, 5.74) is 1.62. The zero-order valence-electron chi connectivity index (χ0n) is 14.7. The molecule has 0 saturated carbocycles. The third-order valence-electron chi connectivity index (χ3n) is 3.71. The number of thioether (sulfide) groups is 1. The van der Waals surface area contributed by atoms with Gasteiger partial charge in [0.25, 0.3) is 0 Å². The second-order valence-corrected chi connectivity index (χ2v) is 7.69. The molecule has 1 aromatic heterocycles. The first-order valence-electron chi connectivity index (χ1n) is 8.31. The molecule has 0 saturated heterocycles. The first-order valence-corrected chi connectivity index (χ1v) is 10.1. The lowest BCUT2D eigenvalue weighted by Gasteiger charge is -2.09. The van der Waals surface area contributed by atoms with Crippen LogP contribution in [0.15, 0.2) is 75.9 Å². The van der Waals surface area contributed by atoms with Gasteiger partial charge in [-0.1, -0.05) is 59.9 Å². The topological polar surface area (TPSA) is 54.9 Å². The Balaban J connectivity index is 1.59. The summed E-state index contributed by atoms with van der Waals surface area (Å²) in [6, 6.07) is 14.5. The molecule has 3 aromatic rings. The second-order valence-electron chi connectivity index (χ2n) is 5.69. The maximum absolute atomic E-state index is 13.6. The Morgan fingerprint density at radius 3 is 2.52 bits per heavy atom. The summed E-state index contributed by atoms with van der Waals surface area (Å²) in [5.74, 6) is -0.314. The molecule has 27 heavy (non-hydrogen) atoms. The number of carbonyl (C=O) groups is 1. The predicted molar refractivity (Wildman–Crippen MR) is 106 cm³/mol. The molecule has 0 spiro atoms. The zero-order valence-corrected chi connectivity index (χ0v) is 16.3. The van der Waals surface area contributed by atoms with E-state index in [9.17, 15) is 9.18 Å². The third-order valence-corrected chi connectivity index (χ3v) is 5.99. The van der Waals surface area contributed by atoms with Crippen molar-refractivity contribution in [2.24, 2.45) is 0 Å². The molecule has 0 fully saturated rings. The number of halogens is 1. The van der Waals surface area contributed by atoms with Crippen LogP contribution in [-0.4, -0.2) is 21.6 Å². The minimum atomic E-state index is -0.323. The van der Waals surface area contributed by atoms with E-state index < -0.39 is 0 Å². The molecule has 0 bridgehead atoms. The molecule has 0 unspecified atom stereocenters. The maximum atomic E-state index is 13.6. The van der Waals surface area contributed by atoms with Gasteiger partial charge in [-0.15, -0.1) is 0 Å². The lowest BCUT2D eigenvalue weighted by molar-refractivity contribution is -0.118. The van der Waals surface area contributed by atoms with E-state index in [1.54, 1.807) is 30.6 Å². The van der Waals surface area contributed by atoms with Crippen LogP contribution in [0.4, 0.5) is 4.39 Å². The van der Waals surface area contributed by atoms with Gasteiger partial charge in [0, 0.05) is 29.4 Å². The summed E-state index contributed by atoms with van der Waals surface area (Å²) in [7, 11) is 0. The molecule has 0 atom stereocenters. The molecule has 0 aliphatic rings. The summed E-state index contributed by atoms with van der Waals surface area (Å²) in [6.07, 6.45) is 3.25. The molecule has 1 N–H and O–H groups in total. The Morgan fingerprint density at radius 2 is 1.74 bits per heavy atom. The van der Waals surface area contributed by atoms with Gasteiger partial charge >= 0.3 is 0 Å². The summed E-state index contributed by atoms with van der Waals surface area (Å²) in [5, 5.41) is 4.20. The number of rotatable bonds is 7. The molecule has 7 heteroatoms. The van der Waals surface area contributed by atoms with Crippen LogP contribution in [0.1, 0.15) is 11.1 Å². The smallest absolute Gasteiger partial charge is 0.230 e. The number of hydrogen-bond acceptors (Lipinski definition) is 5. The van der Waals surface area contributed by atoms with Gasteiger partial charge in [0.1, 0.15) is 15.9 Å². The standard InChI is InChI=1S/C20H18FN3OS2/c1-14-6-2-5-9-17(14)27-20-19(22-10-11-23-20)26-13-18(25)24-12-15-7-3-4-8-16(15)21/h2-11H,12-13H2,1H3,(H,24,25). The van der Waals surface area contributed by atoms with E-state index in [1.165, 1.54) is 29.6 Å². The Bertz CT molecular complexity index is 936. The molecule has 1 heterocycles. The van der Waals surface area contributed by atoms with Gasteiger partial charge < -0.3 is 5.32 Å². The van der Waals surface area contributed by atoms with Crippen LogP contribution in [0.25, 0.3) is 0 Å². The van der Waals surface area contributed by atoms with Gasteiger partial charge in [-0.2, -0.15) is 0 Å². The lowest BCUT2D eigenvalue weighted by Crippen LogP contribution is -2.25. The van der Waals surface area contributed by atoms with Crippen molar-refractivity contribution in [2.45, 2.75) is 28.4 Å². The average molecular weight is 400 g/mol. The van der Waals surface area contributed by atoms with Gasteiger partial charge in [-0.05, 0) is 24.6 Å². The van der Waals surface area contributed by atoms with Crippen LogP contribution in [-0.2, 0) is 11.3 Å². The number of amides is 1. The average Bonchev–Trinajstić information content (AvgIpc) is 2.68. The Hall–Kier alpha value is -2.38. The Labute approximate surface area is 166 Å². The van der Waals surface area contributed by atoms with E-state index in [0.717, 1.165) is 15.5 Å². The number of aryl methyl sites for hydroxylation is 1. The molecule has 0 aliphatic carbocycles. The molecular formula is C20H18FN3OS2. The summed E-state index contributed by atoms with van der Waals surface area (Å²) in [4.78, 5) is 22.0. The molecule has 1 amide bonds. The van der Waals surface area contributed by atoms with Gasteiger partial charge in [-0.3, -0.25) is 4.79 Å². The summed E-state index contributed by atoms with van der Waals surface area (Å²) < 4.78 is 13.6. The normalized spacial score (nSPS) is 10.6. The van der Waals surface area contributed by atoms with Crippen molar-refractivity contribution in [3.8, 4) is 0 Å². The summed E-state index contributed by atoms with van der Waals surface area (Å²) in [6.45, 7) is 2.21. The van der Waals surface area contributed by atoms with Crippen molar-refractivity contribution >= 4 is 29.4 Å². The highest BCUT2D eigenvalue weighted by atomic mass is 32.2. The van der Waals surface area contributed by atoms with Crippen LogP contribution in [0, 0.1) is 12.7 Å². The second kappa shape index (κ2) is 9.53. The van der Waals surface area contributed by atoms with Crippen LogP contribution < -0.4 is 5.32 Å². The number of carbonyl (C=O) groups excluding carboxylic acids is 1. The van der Waals surface area contributed by atoms with E-state index in [2.05, 4.69) is 15.3 Å². The van der Waals surface area contributed by atoms with Crippen LogP contribution in [0.2, 0.25) is 0 Å². The first kappa shape index (κ1) is 19.4. The molecule has 138 valence electrons. The van der Waals surface area contributed by atoms with Crippen molar-refractivity contribution in [3.63, 3.8) is 0 Å². The molecule has 0 aliphatic heterocycles. The number of nitrogens with zero attached hydrogens (tertiary/aromatic N) is 2. The highest BCUT2D eigenvalue weighted by Crippen LogP contribution is 2.33. The Kier molecular flexibility index (Phi) is 6.84. The fourth-order valence-electron chi connectivity index (χ4n) is 2.28. The van der Waals surface area contributed by atoms with Crippen molar-refractivity contribution < 1.29 is 9.18 Å². The zero-order chi connectivity index (χ0) is 19.1. The van der Waals surface area contributed by atoms with E-state index in [1.807, 2.05) is 31.2 Å². The van der Waals surface area contributed by atoms with Crippen molar-refractivity contribution in [2.75, 3.05) is 5.75 Å². The minimum absolute atomic E-state index is 0.164. The van der Waals surface area contributed by atoms with Crippen molar-refractivity contribution in [1.29, 1.82) is 0 Å². The van der Waals surface area contributed by atoms with Crippen molar-refractivity contribution in [3.05, 3.63) is 77.9 Å². The molecule has 2 aromatic carbocycles. The van der Waals surface area contributed by atoms with Gasteiger partial charge in [-0.25, -0.2) is 14.4 Å². The van der Waals surface area contributed by atoms with Gasteiger partial charge in [0.2, 0.25) is 5.91 Å². The SMILES string of the molecule is Cc1ccccc1Sc1nccnc1SCC(=O)NCc1ccccc1F. The van der Waals surface area contributed by atoms with Gasteiger partial charge in [0.15, 0.2) is 0 Å². The number of nitrogens with one attached hydrogen (secondary N) is 1. The first-order chi connectivity index (χ1) is 13.1. The van der Waals surface area contributed by atoms with E-state index in [4.69, 9.17) is 0 Å². The van der Waals surface area contributed by atoms with E-state index >= 15 is 0 Å². The highest BCUT2D eigenvalue weighted by Gasteiger charge is 2.12. The number of hydrogen-bond donors (Lipinski definition) is 1.